The molecule has 3 aromatic rings. The summed E-state index contributed by atoms with van der Waals surface area (Å²) in [4.78, 5) is 27.9. The van der Waals surface area contributed by atoms with Gasteiger partial charge in [-0.15, -0.1) is 11.8 Å². The Morgan fingerprint density at radius 1 is 1.00 bits per heavy atom. The second kappa shape index (κ2) is 13.2. The third-order valence-electron chi connectivity index (χ3n) is 5.41. The van der Waals surface area contributed by atoms with E-state index < -0.39 is 11.9 Å². The van der Waals surface area contributed by atoms with Crippen LogP contribution >= 0.6 is 46.6 Å². The fourth-order valence-corrected chi connectivity index (χ4v) is 5.26. The molecule has 0 spiro atoms. The van der Waals surface area contributed by atoms with E-state index in [1.165, 1.54) is 35.8 Å². The molecule has 0 fully saturated rings. The first-order chi connectivity index (χ1) is 16.8. The number of likely N-dealkylation sites (N-methyl/N-ethyl adjacent to an activating group) is 1. The normalized spacial score (nSPS) is 11.7. The maximum Gasteiger partial charge on any atom is 0.242 e. The molecule has 1 unspecified atom stereocenters. The van der Waals surface area contributed by atoms with E-state index in [-0.39, 0.29) is 29.9 Å². The second-order valence-electron chi connectivity index (χ2n) is 7.77. The van der Waals surface area contributed by atoms with Gasteiger partial charge in [-0.05, 0) is 35.4 Å². The van der Waals surface area contributed by atoms with E-state index in [1.807, 2.05) is 30.3 Å². The van der Waals surface area contributed by atoms with Crippen LogP contribution in [0.3, 0.4) is 0 Å². The first-order valence-corrected chi connectivity index (χ1v) is 13.1. The molecule has 184 valence electrons. The molecule has 0 saturated carbocycles. The van der Waals surface area contributed by atoms with Crippen molar-refractivity contribution in [2.24, 2.45) is 0 Å². The molecular formula is C26H24Cl3FN2O2S. The minimum atomic E-state index is -0.778. The molecule has 0 aromatic heterocycles. The Balaban J connectivity index is 1.86. The number of halogens is 4. The number of amides is 2. The third-order valence-corrected chi connectivity index (χ3v) is 7.29. The van der Waals surface area contributed by atoms with Crippen LogP contribution in [0.1, 0.15) is 16.7 Å². The number of thioether (sulfide) groups is 1. The van der Waals surface area contributed by atoms with Gasteiger partial charge in [0.25, 0.3) is 0 Å². The zero-order valence-corrected chi connectivity index (χ0v) is 22.0. The van der Waals surface area contributed by atoms with Gasteiger partial charge >= 0.3 is 0 Å². The lowest BCUT2D eigenvalue weighted by Crippen LogP contribution is -2.50. The Labute approximate surface area is 223 Å². The molecule has 0 aliphatic heterocycles. The van der Waals surface area contributed by atoms with Crippen LogP contribution in [0.4, 0.5) is 4.39 Å². The van der Waals surface area contributed by atoms with Crippen molar-refractivity contribution in [2.75, 3.05) is 12.8 Å². The number of carbonyl (C=O) groups is 2. The van der Waals surface area contributed by atoms with Gasteiger partial charge in [0, 0.05) is 46.4 Å². The van der Waals surface area contributed by atoms with Crippen molar-refractivity contribution in [1.29, 1.82) is 0 Å². The number of hydrogen-bond donors (Lipinski definition) is 1. The van der Waals surface area contributed by atoms with Crippen LogP contribution in [0.15, 0.2) is 66.7 Å². The summed E-state index contributed by atoms with van der Waals surface area (Å²) < 4.78 is 14.1. The van der Waals surface area contributed by atoms with Gasteiger partial charge in [-0.1, -0.05) is 77.3 Å². The maximum absolute atomic E-state index is 14.1. The first kappa shape index (κ1) is 27.3. The van der Waals surface area contributed by atoms with Gasteiger partial charge in [-0.3, -0.25) is 9.59 Å². The van der Waals surface area contributed by atoms with Crippen molar-refractivity contribution in [2.45, 2.75) is 24.8 Å². The summed E-state index contributed by atoms with van der Waals surface area (Å²) in [5.41, 5.74) is 1.91. The summed E-state index contributed by atoms with van der Waals surface area (Å²) in [5, 5.41) is 3.85. The second-order valence-corrected chi connectivity index (χ2v) is 10.0. The van der Waals surface area contributed by atoms with Crippen molar-refractivity contribution < 1.29 is 14.0 Å². The molecule has 0 bridgehead atoms. The van der Waals surface area contributed by atoms with E-state index in [1.54, 1.807) is 24.3 Å². The zero-order chi connectivity index (χ0) is 25.4. The van der Waals surface area contributed by atoms with Crippen molar-refractivity contribution in [1.82, 2.24) is 10.2 Å². The smallest absolute Gasteiger partial charge is 0.242 e. The van der Waals surface area contributed by atoms with Gasteiger partial charge in [-0.2, -0.15) is 0 Å². The Morgan fingerprint density at radius 2 is 1.74 bits per heavy atom. The van der Waals surface area contributed by atoms with Crippen LogP contribution in [0.25, 0.3) is 0 Å². The Morgan fingerprint density at radius 3 is 2.40 bits per heavy atom. The van der Waals surface area contributed by atoms with Crippen molar-refractivity contribution >= 4 is 58.4 Å². The first-order valence-electron chi connectivity index (χ1n) is 10.8. The van der Waals surface area contributed by atoms with Crippen LogP contribution < -0.4 is 5.32 Å². The average molecular weight is 554 g/mol. The molecule has 0 heterocycles. The highest BCUT2D eigenvalue weighted by Gasteiger charge is 2.30. The fourth-order valence-electron chi connectivity index (χ4n) is 3.55. The highest BCUT2D eigenvalue weighted by atomic mass is 35.5. The topological polar surface area (TPSA) is 49.4 Å². The summed E-state index contributed by atoms with van der Waals surface area (Å²) in [6, 6.07) is 18.2. The molecule has 3 aromatic carbocycles. The molecular weight excluding hydrogens is 530 g/mol. The number of rotatable bonds is 10. The summed E-state index contributed by atoms with van der Waals surface area (Å²) in [5.74, 6) is -0.754. The average Bonchev–Trinajstić information content (AvgIpc) is 2.84. The van der Waals surface area contributed by atoms with Gasteiger partial charge < -0.3 is 10.2 Å². The molecule has 9 heteroatoms. The molecule has 0 saturated heterocycles. The molecule has 3 rings (SSSR count). The van der Waals surface area contributed by atoms with Crippen LogP contribution in [0.2, 0.25) is 15.1 Å². The van der Waals surface area contributed by atoms with Crippen LogP contribution in [0.5, 0.6) is 0 Å². The Bertz CT molecular complexity index is 1160. The van der Waals surface area contributed by atoms with E-state index in [9.17, 15) is 14.0 Å². The fraction of sp³-hybridized carbons (Fsp3) is 0.231. The Hall–Kier alpha value is -2.25. The predicted molar refractivity (Wildman–Crippen MR) is 143 cm³/mol. The van der Waals surface area contributed by atoms with Gasteiger partial charge in [0.2, 0.25) is 11.8 Å². The molecule has 1 N–H and O–H groups in total. The monoisotopic (exact) mass is 552 g/mol. The van der Waals surface area contributed by atoms with Gasteiger partial charge in [0.1, 0.15) is 11.9 Å². The van der Waals surface area contributed by atoms with Gasteiger partial charge in [0.15, 0.2) is 0 Å². The molecule has 0 aliphatic rings. The highest BCUT2D eigenvalue weighted by Crippen LogP contribution is 2.27. The van der Waals surface area contributed by atoms with Crippen LogP contribution in [-0.2, 0) is 28.3 Å². The van der Waals surface area contributed by atoms with E-state index in [4.69, 9.17) is 34.8 Å². The van der Waals surface area contributed by atoms with E-state index in [0.29, 0.717) is 32.6 Å². The third kappa shape index (κ3) is 7.61. The van der Waals surface area contributed by atoms with Crippen molar-refractivity contribution in [3.63, 3.8) is 0 Å². The molecule has 0 aliphatic carbocycles. The number of carbonyl (C=O) groups excluding carboxylic acids is 2. The Kier molecular flexibility index (Phi) is 10.3. The SMILES string of the molecule is CNC(=O)C(Cc1ccccc1)N(Cc1ccc(Cl)cc1Cl)C(=O)CSCc1c(F)cccc1Cl. The number of benzene rings is 3. The van der Waals surface area contributed by atoms with Gasteiger partial charge in [0.05, 0.1) is 5.75 Å². The molecule has 2 amide bonds. The predicted octanol–water partition coefficient (Wildman–Crippen LogP) is 6.41. The number of nitrogens with one attached hydrogen (secondary N) is 1. The van der Waals surface area contributed by atoms with E-state index in [2.05, 4.69) is 5.32 Å². The lowest BCUT2D eigenvalue weighted by Gasteiger charge is -2.31. The quantitative estimate of drug-likeness (QED) is 0.316. The van der Waals surface area contributed by atoms with Gasteiger partial charge in [-0.25, -0.2) is 4.39 Å². The molecule has 0 radical (unpaired) electrons. The molecule has 4 nitrogen and oxygen atoms in total. The number of hydrogen-bond acceptors (Lipinski definition) is 3. The lowest BCUT2D eigenvalue weighted by molar-refractivity contribution is -0.139. The summed E-state index contributed by atoms with van der Waals surface area (Å²) in [7, 11) is 1.53. The summed E-state index contributed by atoms with van der Waals surface area (Å²) in [6.45, 7) is 0.112. The maximum atomic E-state index is 14.1. The van der Waals surface area contributed by atoms with Crippen LogP contribution in [0, 0.1) is 5.82 Å². The lowest BCUT2D eigenvalue weighted by atomic mass is 10.0. The minimum absolute atomic E-state index is 0.0259. The van der Waals surface area contributed by atoms with E-state index in [0.717, 1.165) is 5.56 Å². The zero-order valence-electron chi connectivity index (χ0n) is 18.9. The standard InChI is InChI=1S/C26H24Cl3FN2O2S/c1-31-26(34)24(12-17-6-3-2-4-7-17)32(14-18-10-11-19(27)13-22(18)29)25(33)16-35-15-20-21(28)8-5-9-23(20)30/h2-11,13,24H,12,14-16H2,1H3,(H,31,34). The van der Waals surface area contributed by atoms with Crippen molar-refractivity contribution in [3.05, 3.63) is 104 Å². The number of nitrogens with zero attached hydrogens (tertiary/aromatic N) is 1. The molecule has 35 heavy (non-hydrogen) atoms. The highest BCUT2D eigenvalue weighted by molar-refractivity contribution is 7.99. The van der Waals surface area contributed by atoms with Crippen molar-refractivity contribution in [3.8, 4) is 0 Å². The minimum Gasteiger partial charge on any atom is -0.357 e. The largest absolute Gasteiger partial charge is 0.357 e. The molecule has 1 atom stereocenters. The van der Waals surface area contributed by atoms with Crippen LogP contribution in [-0.4, -0.2) is 35.6 Å². The van der Waals surface area contributed by atoms with E-state index >= 15 is 0 Å². The summed E-state index contributed by atoms with van der Waals surface area (Å²) >= 11 is 19.8. The summed E-state index contributed by atoms with van der Waals surface area (Å²) in [6.07, 6.45) is 0.321.